The number of benzene rings is 1. The van der Waals surface area contributed by atoms with Crippen molar-refractivity contribution in [3.63, 3.8) is 0 Å². The van der Waals surface area contributed by atoms with Gasteiger partial charge in [-0.25, -0.2) is 4.79 Å². The van der Waals surface area contributed by atoms with E-state index in [1.54, 1.807) is 6.08 Å². The van der Waals surface area contributed by atoms with Crippen LogP contribution >= 0.6 is 0 Å². The fraction of sp³-hybridized carbons (Fsp3) is 0.389. The van der Waals surface area contributed by atoms with Gasteiger partial charge in [0.2, 0.25) is 0 Å². The zero-order chi connectivity index (χ0) is 13.8. The first-order chi connectivity index (χ1) is 9.78. The summed E-state index contributed by atoms with van der Waals surface area (Å²) in [6, 6.07) is 10.2. The molecule has 3 rings (SSSR count). The number of carbonyl (C=O) groups is 1. The minimum absolute atomic E-state index is 0.157. The molecule has 1 aliphatic heterocycles. The molecule has 1 heterocycles. The third-order valence-electron chi connectivity index (χ3n) is 4.28. The minimum Gasteiger partial charge on any atom is -0.451 e. The molecule has 1 aliphatic carbocycles. The molecule has 2 nitrogen and oxygen atoms in total. The number of carbonyl (C=O) groups excluding carboxylic acids is 1. The van der Waals surface area contributed by atoms with Gasteiger partial charge >= 0.3 is 5.97 Å². The van der Waals surface area contributed by atoms with Gasteiger partial charge in [0.1, 0.15) is 5.60 Å². The van der Waals surface area contributed by atoms with Crippen LogP contribution in [0.4, 0.5) is 0 Å². The molecular formula is C18H20O2. The van der Waals surface area contributed by atoms with Gasteiger partial charge in [-0.05, 0) is 43.2 Å². The van der Waals surface area contributed by atoms with Gasteiger partial charge in [-0.15, -0.1) is 0 Å². The normalized spacial score (nSPS) is 21.2. The predicted octanol–water partition coefficient (Wildman–Crippen LogP) is 4.28. The Morgan fingerprint density at radius 1 is 1.10 bits per heavy atom. The summed E-state index contributed by atoms with van der Waals surface area (Å²) in [7, 11) is 0. The Balaban J connectivity index is 1.70. The molecule has 104 valence electrons. The molecule has 1 aromatic rings. The largest absolute Gasteiger partial charge is 0.451 e. The molecule has 0 radical (unpaired) electrons. The highest BCUT2D eigenvalue weighted by Crippen LogP contribution is 2.42. The monoisotopic (exact) mass is 268 g/mol. The zero-order valence-corrected chi connectivity index (χ0v) is 11.7. The number of rotatable bonds is 3. The lowest BCUT2D eigenvalue weighted by Gasteiger charge is -2.34. The van der Waals surface area contributed by atoms with Crippen LogP contribution in [0.2, 0.25) is 0 Å². The van der Waals surface area contributed by atoms with Gasteiger partial charge in [-0.2, -0.15) is 0 Å². The Morgan fingerprint density at radius 3 is 2.60 bits per heavy atom. The number of ether oxygens (including phenoxy) is 1. The van der Waals surface area contributed by atoms with E-state index in [0.717, 1.165) is 37.7 Å². The minimum atomic E-state index is -0.281. The van der Waals surface area contributed by atoms with Gasteiger partial charge in [0.05, 0.1) is 0 Å². The summed E-state index contributed by atoms with van der Waals surface area (Å²) in [5.74, 6) is -0.157. The molecule has 1 aromatic carbocycles. The average molecular weight is 268 g/mol. The third-order valence-corrected chi connectivity index (χ3v) is 4.28. The number of allylic oxidation sites excluding steroid dienone is 1. The highest BCUT2D eigenvalue weighted by Gasteiger charge is 2.42. The molecule has 20 heavy (non-hydrogen) atoms. The molecule has 0 aromatic heterocycles. The quantitative estimate of drug-likeness (QED) is 0.765. The van der Waals surface area contributed by atoms with Crippen molar-refractivity contribution >= 4 is 12.0 Å². The summed E-state index contributed by atoms with van der Waals surface area (Å²) in [4.78, 5) is 11.6. The maximum absolute atomic E-state index is 11.6. The first-order valence-electron chi connectivity index (χ1n) is 7.44. The molecule has 1 saturated carbocycles. The summed E-state index contributed by atoms with van der Waals surface area (Å²) >= 11 is 0. The third kappa shape index (κ3) is 2.69. The maximum atomic E-state index is 11.6. The van der Waals surface area contributed by atoms with Crippen molar-refractivity contribution in [2.45, 2.75) is 44.1 Å². The van der Waals surface area contributed by atoms with Crippen LogP contribution in [-0.4, -0.2) is 11.6 Å². The van der Waals surface area contributed by atoms with Crippen LogP contribution < -0.4 is 0 Å². The fourth-order valence-corrected chi connectivity index (χ4v) is 3.24. The summed E-state index contributed by atoms with van der Waals surface area (Å²) in [6.45, 7) is 0. The van der Waals surface area contributed by atoms with Crippen molar-refractivity contribution in [1.82, 2.24) is 0 Å². The number of hydrogen-bond donors (Lipinski definition) is 0. The van der Waals surface area contributed by atoms with E-state index in [9.17, 15) is 4.79 Å². The van der Waals surface area contributed by atoms with E-state index in [-0.39, 0.29) is 11.6 Å². The van der Waals surface area contributed by atoms with Crippen LogP contribution in [0.25, 0.3) is 6.08 Å². The Bertz CT molecular complexity index is 534. The topological polar surface area (TPSA) is 26.3 Å². The van der Waals surface area contributed by atoms with Crippen LogP contribution in [0.15, 0.2) is 48.1 Å². The molecule has 1 fully saturated rings. The molecule has 0 amide bonds. The summed E-state index contributed by atoms with van der Waals surface area (Å²) in [6.07, 6.45) is 12.3. The number of esters is 1. The van der Waals surface area contributed by atoms with Gasteiger partial charge in [0.15, 0.2) is 0 Å². The highest BCUT2D eigenvalue weighted by molar-refractivity contribution is 5.87. The van der Waals surface area contributed by atoms with E-state index in [2.05, 4.69) is 24.3 Å². The van der Waals surface area contributed by atoms with Gasteiger partial charge < -0.3 is 4.74 Å². The number of hydrogen-bond acceptors (Lipinski definition) is 2. The van der Waals surface area contributed by atoms with Crippen LogP contribution in [0.1, 0.15) is 44.1 Å². The molecule has 2 aliphatic rings. The Labute approximate surface area is 120 Å². The molecular weight excluding hydrogens is 248 g/mol. The van der Waals surface area contributed by atoms with Crippen molar-refractivity contribution in [2.24, 2.45) is 0 Å². The van der Waals surface area contributed by atoms with Crippen molar-refractivity contribution < 1.29 is 9.53 Å². The molecule has 0 N–H and O–H groups in total. The van der Waals surface area contributed by atoms with Crippen LogP contribution in [0.3, 0.4) is 0 Å². The molecule has 0 bridgehead atoms. The van der Waals surface area contributed by atoms with Gasteiger partial charge in [0, 0.05) is 6.08 Å². The zero-order valence-electron chi connectivity index (χ0n) is 11.7. The molecule has 0 atom stereocenters. The lowest BCUT2D eigenvalue weighted by molar-refractivity contribution is -0.148. The summed E-state index contributed by atoms with van der Waals surface area (Å²) in [5.41, 5.74) is 2.07. The maximum Gasteiger partial charge on any atom is 0.331 e. The Morgan fingerprint density at radius 2 is 1.85 bits per heavy atom. The highest BCUT2D eigenvalue weighted by atomic mass is 16.6. The van der Waals surface area contributed by atoms with E-state index in [4.69, 9.17) is 4.74 Å². The fourth-order valence-electron chi connectivity index (χ4n) is 3.24. The average Bonchev–Trinajstić information content (AvgIpc) is 2.76. The van der Waals surface area contributed by atoms with Crippen molar-refractivity contribution in [1.29, 1.82) is 0 Å². The standard InChI is InChI=1S/C18H20O2/c19-17-14-16(18(20-17)12-5-2-6-13-18)11-7-10-15-8-3-1-4-9-15/h1,3-4,7-10,14H,2,5-6,11-13H2/b10-7+. The molecule has 0 saturated heterocycles. The lowest BCUT2D eigenvalue weighted by Crippen LogP contribution is -2.34. The Hall–Kier alpha value is -1.83. The predicted molar refractivity (Wildman–Crippen MR) is 80.1 cm³/mol. The smallest absolute Gasteiger partial charge is 0.331 e. The molecule has 1 spiro atoms. The van der Waals surface area contributed by atoms with Crippen molar-refractivity contribution in [2.75, 3.05) is 0 Å². The molecule has 0 unspecified atom stereocenters. The lowest BCUT2D eigenvalue weighted by atomic mass is 9.79. The second-order valence-electron chi connectivity index (χ2n) is 5.66. The van der Waals surface area contributed by atoms with E-state index < -0.39 is 0 Å². The van der Waals surface area contributed by atoms with E-state index in [0.29, 0.717) is 0 Å². The van der Waals surface area contributed by atoms with E-state index in [1.807, 2.05) is 18.2 Å². The van der Waals surface area contributed by atoms with Crippen LogP contribution in [-0.2, 0) is 9.53 Å². The van der Waals surface area contributed by atoms with Crippen LogP contribution in [0, 0.1) is 0 Å². The van der Waals surface area contributed by atoms with E-state index >= 15 is 0 Å². The van der Waals surface area contributed by atoms with Gasteiger partial charge in [0.25, 0.3) is 0 Å². The second-order valence-corrected chi connectivity index (χ2v) is 5.66. The van der Waals surface area contributed by atoms with Crippen molar-refractivity contribution in [3.05, 3.63) is 53.6 Å². The first kappa shape index (κ1) is 13.2. The van der Waals surface area contributed by atoms with E-state index in [1.165, 1.54) is 12.0 Å². The summed E-state index contributed by atoms with van der Waals surface area (Å²) < 4.78 is 5.64. The molecule has 2 heteroatoms. The van der Waals surface area contributed by atoms with Crippen LogP contribution in [0.5, 0.6) is 0 Å². The van der Waals surface area contributed by atoms with Gasteiger partial charge in [-0.3, -0.25) is 0 Å². The first-order valence-corrected chi connectivity index (χ1v) is 7.44. The van der Waals surface area contributed by atoms with Crippen molar-refractivity contribution in [3.8, 4) is 0 Å². The second kappa shape index (κ2) is 5.66. The summed E-state index contributed by atoms with van der Waals surface area (Å²) in [5, 5.41) is 0. The SMILES string of the molecule is O=C1C=C(C/C=C/c2ccccc2)C2(CCCCC2)O1. The Kier molecular flexibility index (Phi) is 3.72. The van der Waals surface area contributed by atoms with Gasteiger partial charge in [-0.1, -0.05) is 48.9 Å².